The molecule has 2 rings (SSSR count). The maximum Gasteiger partial charge on any atom is 0.203 e. The number of aromatic nitrogens is 4. The van der Waals surface area contributed by atoms with Gasteiger partial charge in [0.05, 0.1) is 5.75 Å². The zero-order valence-corrected chi connectivity index (χ0v) is 11.5. The van der Waals surface area contributed by atoms with Gasteiger partial charge in [-0.25, -0.2) is 9.97 Å². The van der Waals surface area contributed by atoms with Crippen molar-refractivity contribution in [3.63, 3.8) is 0 Å². The van der Waals surface area contributed by atoms with Crippen molar-refractivity contribution >= 4 is 28.2 Å². The Kier molecular flexibility index (Phi) is 3.58. The van der Waals surface area contributed by atoms with Crippen LogP contribution in [0.25, 0.3) is 0 Å². The predicted molar refractivity (Wildman–Crippen MR) is 70.1 cm³/mol. The minimum absolute atomic E-state index is 0.498. The van der Waals surface area contributed by atoms with Crippen LogP contribution in [0.15, 0.2) is 5.16 Å². The molecule has 0 spiro atoms. The van der Waals surface area contributed by atoms with Gasteiger partial charge in [0.15, 0.2) is 5.16 Å². The van der Waals surface area contributed by atoms with Crippen LogP contribution < -0.4 is 5.73 Å². The van der Waals surface area contributed by atoms with Crippen LogP contribution >= 0.6 is 23.1 Å². The van der Waals surface area contributed by atoms with Crippen molar-refractivity contribution in [2.24, 2.45) is 0 Å². The molecule has 90 valence electrons. The van der Waals surface area contributed by atoms with Gasteiger partial charge in [-0.05, 0) is 26.3 Å². The smallest absolute Gasteiger partial charge is 0.203 e. The Morgan fingerprint density at radius 2 is 1.76 bits per heavy atom. The zero-order chi connectivity index (χ0) is 12.4. The molecule has 2 N–H and O–H groups in total. The highest BCUT2D eigenvalue weighted by Crippen LogP contribution is 2.23. The summed E-state index contributed by atoms with van der Waals surface area (Å²) in [7, 11) is 0. The number of thioether (sulfide) groups is 1. The van der Waals surface area contributed by atoms with Gasteiger partial charge in [0, 0.05) is 11.4 Å². The number of nitrogens with two attached hydrogens (primary N) is 1. The second-order valence-electron chi connectivity index (χ2n) is 3.62. The summed E-state index contributed by atoms with van der Waals surface area (Å²) in [6.07, 6.45) is 0. The molecule has 2 heterocycles. The van der Waals surface area contributed by atoms with E-state index in [2.05, 4.69) is 20.2 Å². The lowest BCUT2D eigenvalue weighted by Gasteiger charge is -2.05. The second kappa shape index (κ2) is 4.97. The normalized spacial score (nSPS) is 10.8. The Hall–Kier alpha value is -1.21. The number of anilines is 1. The molecule has 0 saturated carbocycles. The van der Waals surface area contributed by atoms with Gasteiger partial charge in [-0.1, -0.05) is 23.1 Å². The largest absolute Gasteiger partial charge is 0.374 e. The molecule has 0 saturated heterocycles. The molecule has 5 nitrogen and oxygen atoms in total. The molecule has 0 aliphatic heterocycles. The van der Waals surface area contributed by atoms with E-state index in [1.165, 1.54) is 11.3 Å². The third-order valence-corrected chi connectivity index (χ3v) is 4.21. The number of hydrogen-bond acceptors (Lipinski definition) is 7. The molecule has 0 radical (unpaired) electrons. The van der Waals surface area contributed by atoms with Crippen molar-refractivity contribution < 1.29 is 0 Å². The Balaban J connectivity index is 2.09. The van der Waals surface area contributed by atoms with Crippen LogP contribution in [-0.2, 0) is 5.75 Å². The van der Waals surface area contributed by atoms with E-state index in [0.29, 0.717) is 10.9 Å². The van der Waals surface area contributed by atoms with E-state index in [9.17, 15) is 0 Å². The molecule has 0 aliphatic rings. The molecule has 7 heteroatoms. The van der Waals surface area contributed by atoms with Crippen molar-refractivity contribution in [3.05, 3.63) is 22.0 Å². The fourth-order valence-corrected chi connectivity index (χ4v) is 2.79. The van der Waals surface area contributed by atoms with Crippen molar-refractivity contribution in [2.45, 2.75) is 31.7 Å². The maximum absolute atomic E-state index is 5.52. The molecule has 17 heavy (non-hydrogen) atoms. The Labute approximate surface area is 108 Å². The zero-order valence-electron chi connectivity index (χ0n) is 9.89. The summed E-state index contributed by atoms with van der Waals surface area (Å²) >= 11 is 2.95. The van der Waals surface area contributed by atoms with Gasteiger partial charge >= 0.3 is 0 Å². The summed E-state index contributed by atoms with van der Waals surface area (Å²) < 4.78 is 0. The number of nitrogens with zero attached hydrogens (tertiary/aromatic N) is 4. The van der Waals surface area contributed by atoms with Gasteiger partial charge in [-0.3, -0.25) is 0 Å². The minimum Gasteiger partial charge on any atom is -0.374 e. The lowest BCUT2D eigenvalue weighted by atomic mass is 10.2. The van der Waals surface area contributed by atoms with Crippen molar-refractivity contribution in [2.75, 3.05) is 5.73 Å². The van der Waals surface area contributed by atoms with E-state index < -0.39 is 0 Å². The van der Waals surface area contributed by atoms with Crippen LogP contribution in [0.1, 0.15) is 22.0 Å². The second-order valence-corrected chi connectivity index (χ2v) is 5.66. The molecule has 0 amide bonds. The Morgan fingerprint density at radius 1 is 1.12 bits per heavy atom. The molecule has 0 aliphatic carbocycles. The van der Waals surface area contributed by atoms with Crippen molar-refractivity contribution in [3.8, 4) is 0 Å². The summed E-state index contributed by atoms with van der Waals surface area (Å²) in [5, 5.41) is 9.90. The van der Waals surface area contributed by atoms with Gasteiger partial charge in [0.1, 0.15) is 5.01 Å². The highest BCUT2D eigenvalue weighted by molar-refractivity contribution is 7.98. The van der Waals surface area contributed by atoms with E-state index in [1.54, 1.807) is 11.8 Å². The van der Waals surface area contributed by atoms with E-state index in [0.717, 1.165) is 27.1 Å². The first kappa shape index (κ1) is 12.3. The van der Waals surface area contributed by atoms with Crippen LogP contribution in [0.5, 0.6) is 0 Å². The predicted octanol–water partition coefficient (Wildman–Crippen LogP) is 2.13. The number of hydrogen-bond donors (Lipinski definition) is 1. The monoisotopic (exact) mass is 267 g/mol. The summed E-state index contributed by atoms with van der Waals surface area (Å²) in [5.74, 6) is 0.705. The molecule has 0 unspecified atom stereocenters. The molecule has 2 aromatic rings. The maximum atomic E-state index is 5.52. The van der Waals surface area contributed by atoms with Crippen molar-refractivity contribution in [1.29, 1.82) is 0 Å². The average molecular weight is 267 g/mol. The van der Waals surface area contributed by atoms with Crippen LogP contribution in [0.3, 0.4) is 0 Å². The fourth-order valence-electron chi connectivity index (χ4n) is 1.26. The molecule has 0 aromatic carbocycles. The first-order valence-corrected chi connectivity index (χ1v) is 6.89. The fraction of sp³-hybridized carbons (Fsp3) is 0.400. The summed E-state index contributed by atoms with van der Waals surface area (Å²) in [5.41, 5.74) is 8.72. The van der Waals surface area contributed by atoms with Crippen LogP contribution in [-0.4, -0.2) is 20.2 Å². The quantitative estimate of drug-likeness (QED) is 0.678. The molecule has 0 fully saturated rings. The van der Waals surface area contributed by atoms with Crippen LogP contribution in [0.2, 0.25) is 0 Å². The highest BCUT2D eigenvalue weighted by atomic mass is 32.2. The van der Waals surface area contributed by atoms with Gasteiger partial charge < -0.3 is 5.73 Å². The van der Waals surface area contributed by atoms with E-state index in [4.69, 9.17) is 5.73 Å². The first-order chi connectivity index (χ1) is 8.06. The molecule has 2 aromatic heterocycles. The molecule has 0 atom stereocenters. The molecular formula is C10H13N5S2. The standard InChI is InChI=1S/C10H13N5S2/c1-5-6(2)12-10(13-7(5)3)16-4-8-14-15-9(11)17-8/h4H2,1-3H3,(H2,11,15). The van der Waals surface area contributed by atoms with E-state index in [1.807, 2.05) is 20.8 Å². The molecular weight excluding hydrogens is 254 g/mol. The van der Waals surface area contributed by atoms with Crippen LogP contribution in [0, 0.1) is 20.8 Å². The topological polar surface area (TPSA) is 77.6 Å². The number of aryl methyl sites for hydroxylation is 2. The first-order valence-electron chi connectivity index (χ1n) is 5.08. The van der Waals surface area contributed by atoms with Crippen molar-refractivity contribution in [1.82, 2.24) is 20.2 Å². The highest BCUT2D eigenvalue weighted by Gasteiger charge is 2.07. The van der Waals surface area contributed by atoms with E-state index >= 15 is 0 Å². The van der Waals surface area contributed by atoms with Gasteiger partial charge in [-0.2, -0.15) is 0 Å². The summed E-state index contributed by atoms with van der Waals surface area (Å²) in [6.45, 7) is 6.03. The average Bonchev–Trinajstić information content (AvgIpc) is 2.69. The molecule has 0 bridgehead atoms. The lowest BCUT2D eigenvalue weighted by molar-refractivity contribution is 0.880. The number of rotatable bonds is 3. The summed E-state index contributed by atoms with van der Waals surface area (Å²) in [4.78, 5) is 8.86. The lowest BCUT2D eigenvalue weighted by Crippen LogP contribution is -1.98. The Bertz CT molecular complexity index is 514. The minimum atomic E-state index is 0.498. The summed E-state index contributed by atoms with van der Waals surface area (Å²) in [6, 6.07) is 0. The van der Waals surface area contributed by atoms with E-state index in [-0.39, 0.29) is 0 Å². The Morgan fingerprint density at radius 3 is 2.29 bits per heavy atom. The van der Waals surface area contributed by atoms with Gasteiger partial charge in [-0.15, -0.1) is 10.2 Å². The van der Waals surface area contributed by atoms with Crippen LogP contribution in [0.4, 0.5) is 5.13 Å². The van der Waals surface area contributed by atoms with Gasteiger partial charge in [0.2, 0.25) is 5.13 Å². The third kappa shape index (κ3) is 2.92. The van der Waals surface area contributed by atoms with Gasteiger partial charge in [0.25, 0.3) is 0 Å². The third-order valence-electron chi connectivity index (χ3n) is 2.42. The SMILES string of the molecule is Cc1nc(SCc2nnc(N)s2)nc(C)c1C. The number of nitrogen functional groups attached to an aromatic ring is 1.